The summed E-state index contributed by atoms with van der Waals surface area (Å²) >= 11 is 0. The Balaban J connectivity index is 1.78. The summed E-state index contributed by atoms with van der Waals surface area (Å²) < 4.78 is 0. The fourth-order valence-electron chi connectivity index (χ4n) is 3.75. The molecule has 0 aliphatic heterocycles. The minimum absolute atomic E-state index is 0.155. The van der Waals surface area contributed by atoms with Crippen LogP contribution in [0.2, 0.25) is 0 Å². The van der Waals surface area contributed by atoms with Crippen molar-refractivity contribution in [3.63, 3.8) is 0 Å². The van der Waals surface area contributed by atoms with Crippen LogP contribution < -0.4 is 11.4 Å². The quantitative estimate of drug-likeness (QED) is 0.304. The number of nitrogens with two attached hydrogens (primary N) is 1. The Morgan fingerprint density at radius 2 is 1.84 bits per heavy atom. The highest BCUT2D eigenvalue weighted by molar-refractivity contribution is 5.81. The van der Waals surface area contributed by atoms with E-state index in [0.29, 0.717) is 18.7 Å². The lowest BCUT2D eigenvalue weighted by atomic mass is 10.0. The van der Waals surface area contributed by atoms with Crippen LogP contribution in [0.25, 0.3) is 22.3 Å². The highest BCUT2D eigenvalue weighted by atomic mass is 16.3. The number of hydrogen-bond donors (Lipinski definition) is 3. The minimum atomic E-state index is -0.921. The van der Waals surface area contributed by atoms with E-state index < -0.39 is 5.60 Å². The van der Waals surface area contributed by atoms with Gasteiger partial charge in [0.05, 0.1) is 22.7 Å². The van der Waals surface area contributed by atoms with Crippen LogP contribution in [0.1, 0.15) is 56.4 Å². The summed E-state index contributed by atoms with van der Waals surface area (Å²) in [6.45, 7) is 7.64. The van der Waals surface area contributed by atoms with Crippen molar-refractivity contribution < 1.29 is 5.11 Å². The Kier molecular flexibility index (Phi) is 5.90. The average molecular weight is 432 g/mol. The van der Waals surface area contributed by atoms with E-state index >= 15 is 0 Å². The second-order valence-corrected chi connectivity index (χ2v) is 8.94. The van der Waals surface area contributed by atoms with Gasteiger partial charge in [0.25, 0.3) is 0 Å². The summed E-state index contributed by atoms with van der Waals surface area (Å²) in [7, 11) is 0. The zero-order valence-corrected chi connectivity index (χ0v) is 18.9. The van der Waals surface area contributed by atoms with Crippen molar-refractivity contribution in [2.24, 2.45) is 5.84 Å². The third-order valence-corrected chi connectivity index (χ3v) is 5.21. The molecule has 0 atom stereocenters. The SMILES string of the molecule is CC(C)c1nn(NN)c2c(Cc3ccc(-c4ccccn4)cc3)nc(CC(C)(C)O)nc12. The van der Waals surface area contributed by atoms with E-state index in [9.17, 15) is 5.11 Å². The van der Waals surface area contributed by atoms with E-state index in [0.717, 1.165) is 39.2 Å². The number of rotatable bonds is 7. The fourth-order valence-corrected chi connectivity index (χ4v) is 3.75. The van der Waals surface area contributed by atoms with Crippen LogP contribution in [-0.4, -0.2) is 35.5 Å². The zero-order valence-electron chi connectivity index (χ0n) is 18.9. The molecule has 4 N–H and O–H groups in total. The van der Waals surface area contributed by atoms with Gasteiger partial charge in [-0.15, -0.1) is 0 Å². The van der Waals surface area contributed by atoms with Crippen molar-refractivity contribution in [3.05, 3.63) is 71.4 Å². The number of aromatic nitrogens is 5. The Bertz CT molecular complexity index is 1210. The molecule has 3 heterocycles. The number of nitrogen functional groups attached to an aromatic ring is 1. The molecule has 0 radical (unpaired) electrons. The number of pyridine rings is 1. The fraction of sp³-hybridized carbons (Fsp3) is 0.333. The van der Waals surface area contributed by atoms with Crippen molar-refractivity contribution in [2.75, 3.05) is 5.53 Å². The molecule has 0 fully saturated rings. The third kappa shape index (κ3) is 4.61. The number of fused-ring (bicyclic) bond motifs is 1. The first kappa shape index (κ1) is 21.9. The molecule has 3 aromatic heterocycles. The summed E-state index contributed by atoms with van der Waals surface area (Å²) in [6, 6.07) is 14.2. The lowest BCUT2D eigenvalue weighted by molar-refractivity contribution is 0.0788. The maximum atomic E-state index is 10.4. The first-order valence-corrected chi connectivity index (χ1v) is 10.7. The number of nitrogens with zero attached hydrogens (tertiary/aromatic N) is 5. The molecule has 0 saturated heterocycles. The summed E-state index contributed by atoms with van der Waals surface area (Å²) in [5.74, 6) is 6.51. The molecule has 0 aliphatic carbocycles. The van der Waals surface area contributed by atoms with Crippen LogP contribution in [0, 0.1) is 0 Å². The Morgan fingerprint density at radius 3 is 2.44 bits per heavy atom. The van der Waals surface area contributed by atoms with Gasteiger partial charge in [-0.2, -0.15) is 9.89 Å². The molecule has 32 heavy (non-hydrogen) atoms. The summed E-state index contributed by atoms with van der Waals surface area (Å²) in [6.07, 6.45) is 2.71. The molecular weight excluding hydrogens is 402 g/mol. The number of hydrazine groups is 1. The standard InChI is InChI=1S/C24H29N7O/c1-15(2)21-22-23(31(29-21)30-25)19(27-20(28-22)14-24(3,4)32)13-16-8-10-17(11-9-16)18-7-5-6-12-26-18/h5-12,15,30,32H,13-14,25H2,1-4H3. The molecule has 8 nitrogen and oxygen atoms in total. The molecule has 0 aliphatic rings. The molecule has 0 bridgehead atoms. The predicted molar refractivity (Wildman–Crippen MR) is 125 cm³/mol. The number of aliphatic hydroxyl groups is 1. The van der Waals surface area contributed by atoms with Crippen LogP contribution in [0.4, 0.5) is 0 Å². The number of hydrogen-bond acceptors (Lipinski definition) is 7. The van der Waals surface area contributed by atoms with Gasteiger partial charge >= 0.3 is 0 Å². The molecule has 1 aromatic carbocycles. The first-order chi connectivity index (χ1) is 15.2. The van der Waals surface area contributed by atoms with Gasteiger partial charge in [-0.3, -0.25) is 4.98 Å². The topological polar surface area (TPSA) is 115 Å². The molecule has 0 amide bonds. The average Bonchev–Trinajstić information content (AvgIpc) is 3.13. The molecular formula is C24H29N7O. The number of nitrogens with one attached hydrogen (secondary N) is 1. The van der Waals surface area contributed by atoms with Gasteiger partial charge < -0.3 is 5.11 Å². The van der Waals surface area contributed by atoms with Gasteiger partial charge in [0.15, 0.2) is 0 Å². The van der Waals surface area contributed by atoms with Crippen molar-refractivity contribution in [1.29, 1.82) is 0 Å². The van der Waals surface area contributed by atoms with E-state index in [2.05, 4.69) is 53.7 Å². The van der Waals surface area contributed by atoms with E-state index in [1.807, 2.05) is 18.2 Å². The molecule has 0 unspecified atom stereocenters. The maximum Gasteiger partial charge on any atom is 0.134 e. The highest BCUT2D eigenvalue weighted by Crippen LogP contribution is 2.27. The van der Waals surface area contributed by atoms with Crippen LogP contribution in [0.15, 0.2) is 48.7 Å². The molecule has 4 rings (SSSR count). The second kappa shape index (κ2) is 8.64. The van der Waals surface area contributed by atoms with E-state index in [-0.39, 0.29) is 5.92 Å². The van der Waals surface area contributed by atoms with Crippen LogP contribution >= 0.6 is 0 Å². The zero-order chi connectivity index (χ0) is 22.9. The van der Waals surface area contributed by atoms with Gasteiger partial charge in [-0.05, 0) is 37.5 Å². The third-order valence-electron chi connectivity index (χ3n) is 5.21. The van der Waals surface area contributed by atoms with E-state index in [1.165, 1.54) is 4.79 Å². The van der Waals surface area contributed by atoms with Gasteiger partial charge in [-0.25, -0.2) is 21.3 Å². The molecule has 8 heteroatoms. The van der Waals surface area contributed by atoms with Crippen molar-refractivity contribution in [3.8, 4) is 11.3 Å². The predicted octanol–water partition coefficient (Wildman–Crippen LogP) is 3.33. The van der Waals surface area contributed by atoms with Crippen LogP contribution in [-0.2, 0) is 12.8 Å². The normalized spacial score (nSPS) is 12.0. The van der Waals surface area contributed by atoms with Crippen molar-refractivity contribution >= 4 is 11.0 Å². The largest absolute Gasteiger partial charge is 0.390 e. The van der Waals surface area contributed by atoms with Crippen LogP contribution in [0.3, 0.4) is 0 Å². The van der Waals surface area contributed by atoms with Crippen molar-refractivity contribution in [2.45, 2.75) is 52.1 Å². The molecule has 0 spiro atoms. The molecule has 0 saturated carbocycles. The minimum Gasteiger partial charge on any atom is -0.390 e. The van der Waals surface area contributed by atoms with Gasteiger partial charge in [-0.1, -0.05) is 44.2 Å². The number of benzene rings is 1. The van der Waals surface area contributed by atoms with Gasteiger partial charge in [0.1, 0.15) is 16.9 Å². The smallest absolute Gasteiger partial charge is 0.134 e. The summed E-state index contributed by atoms with van der Waals surface area (Å²) in [5.41, 5.74) is 7.95. The second-order valence-electron chi connectivity index (χ2n) is 8.94. The Labute approximate surface area is 187 Å². The van der Waals surface area contributed by atoms with E-state index in [1.54, 1.807) is 20.0 Å². The van der Waals surface area contributed by atoms with Gasteiger partial charge in [0.2, 0.25) is 0 Å². The van der Waals surface area contributed by atoms with Crippen molar-refractivity contribution in [1.82, 2.24) is 24.8 Å². The van der Waals surface area contributed by atoms with Gasteiger partial charge in [0, 0.05) is 24.6 Å². The monoisotopic (exact) mass is 431 g/mol. The first-order valence-electron chi connectivity index (χ1n) is 10.7. The molecule has 166 valence electrons. The van der Waals surface area contributed by atoms with E-state index in [4.69, 9.17) is 15.8 Å². The Morgan fingerprint density at radius 1 is 1.09 bits per heavy atom. The van der Waals surface area contributed by atoms with Crippen LogP contribution in [0.5, 0.6) is 0 Å². The summed E-state index contributed by atoms with van der Waals surface area (Å²) in [5, 5.41) is 15.0. The highest BCUT2D eigenvalue weighted by Gasteiger charge is 2.23. The summed E-state index contributed by atoms with van der Waals surface area (Å²) in [4.78, 5) is 15.5. The maximum absolute atomic E-state index is 10.4. The lowest BCUT2D eigenvalue weighted by Gasteiger charge is -2.17. The molecule has 4 aromatic rings. The Hall–Kier alpha value is -3.36. The lowest BCUT2D eigenvalue weighted by Crippen LogP contribution is -2.25.